The summed E-state index contributed by atoms with van der Waals surface area (Å²) in [6.45, 7) is 2.96. The third-order valence-electron chi connectivity index (χ3n) is 5.79. The maximum absolute atomic E-state index is 6.04. The summed E-state index contributed by atoms with van der Waals surface area (Å²) >= 11 is 6.04. The van der Waals surface area contributed by atoms with Crippen molar-refractivity contribution < 1.29 is 0 Å². The quantitative estimate of drug-likeness (QED) is 0.396. The van der Waals surface area contributed by atoms with Crippen LogP contribution in [0, 0.1) is 0 Å². The maximum atomic E-state index is 6.04. The smallest absolute Gasteiger partial charge is 0.193 e. The van der Waals surface area contributed by atoms with Crippen molar-refractivity contribution in [2.24, 2.45) is 12.0 Å². The van der Waals surface area contributed by atoms with Crippen molar-refractivity contribution in [1.82, 2.24) is 20.0 Å². The van der Waals surface area contributed by atoms with E-state index in [1.165, 1.54) is 24.0 Å². The Bertz CT molecular complexity index is 797. The van der Waals surface area contributed by atoms with E-state index in [2.05, 4.69) is 38.6 Å². The Hall–Kier alpha value is -1.28. The largest absolute Gasteiger partial charge is 0.355 e. The van der Waals surface area contributed by atoms with Gasteiger partial charge in [0.25, 0.3) is 0 Å². The normalized spacial score (nSPS) is 21.1. The highest BCUT2D eigenvalue weighted by Crippen LogP contribution is 2.47. The van der Waals surface area contributed by atoms with E-state index in [4.69, 9.17) is 11.6 Å². The van der Waals surface area contributed by atoms with Crippen molar-refractivity contribution >= 4 is 41.5 Å². The summed E-state index contributed by atoms with van der Waals surface area (Å²) in [5.41, 5.74) is 2.94. The van der Waals surface area contributed by atoms with Gasteiger partial charge in [0.2, 0.25) is 0 Å². The second-order valence-corrected chi connectivity index (χ2v) is 8.00. The molecule has 5 nitrogen and oxygen atoms in total. The zero-order valence-electron chi connectivity index (χ0n) is 15.9. The van der Waals surface area contributed by atoms with Crippen molar-refractivity contribution in [3.05, 3.63) is 52.8 Å². The molecule has 2 aromatic rings. The SMILES string of the molecule is CN=C(NCC1(c2ccc(Cl)cc2)CC1)N1CCC(c2cnn(C)c2)C1.I. The molecule has 1 aliphatic carbocycles. The van der Waals surface area contributed by atoms with Gasteiger partial charge in [-0.2, -0.15) is 5.10 Å². The van der Waals surface area contributed by atoms with Crippen LogP contribution in [0.15, 0.2) is 41.7 Å². The molecule has 1 saturated heterocycles. The minimum Gasteiger partial charge on any atom is -0.355 e. The van der Waals surface area contributed by atoms with Crippen LogP contribution in [0.4, 0.5) is 0 Å². The van der Waals surface area contributed by atoms with Crippen molar-refractivity contribution in [2.45, 2.75) is 30.6 Å². The summed E-state index contributed by atoms with van der Waals surface area (Å²) in [5, 5.41) is 8.74. The minimum atomic E-state index is 0. The van der Waals surface area contributed by atoms with Crippen molar-refractivity contribution in [1.29, 1.82) is 0 Å². The van der Waals surface area contributed by atoms with Crippen LogP contribution in [0.1, 0.15) is 36.3 Å². The average molecular weight is 500 g/mol. The molecule has 1 unspecified atom stereocenters. The molecule has 0 amide bonds. The molecule has 1 aromatic heterocycles. The Kier molecular flexibility index (Phi) is 6.35. The zero-order chi connectivity index (χ0) is 18.1. The van der Waals surface area contributed by atoms with Gasteiger partial charge in [-0.25, -0.2) is 0 Å². The lowest BCUT2D eigenvalue weighted by molar-refractivity contribution is 0.478. The van der Waals surface area contributed by atoms with Gasteiger partial charge in [0.05, 0.1) is 6.20 Å². The molecule has 0 radical (unpaired) electrons. The molecule has 0 spiro atoms. The first-order valence-corrected chi connectivity index (χ1v) is 9.68. The molecule has 1 atom stereocenters. The Morgan fingerprint density at radius 3 is 2.67 bits per heavy atom. The molecular formula is C20H27ClIN5. The van der Waals surface area contributed by atoms with Crippen molar-refractivity contribution in [3.8, 4) is 0 Å². The van der Waals surface area contributed by atoms with E-state index in [9.17, 15) is 0 Å². The van der Waals surface area contributed by atoms with Gasteiger partial charge >= 0.3 is 0 Å². The van der Waals surface area contributed by atoms with Crippen LogP contribution in [0.3, 0.4) is 0 Å². The molecule has 1 aromatic carbocycles. The molecule has 2 aliphatic rings. The Balaban J connectivity index is 0.00000210. The number of aryl methyl sites for hydroxylation is 1. The number of hydrogen-bond acceptors (Lipinski definition) is 2. The van der Waals surface area contributed by atoms with Crippen LogP contribution >= 0.6 is 35.6 Å². The fourth-order valence-electron chi connectivity index (χ4n) is 3.98. The summed E-state index contributed by atoms with van der Waals surface area (Å²) in [6.07, 6.45) is 7.71. The second-order valence-electron chi connectivity index (χ2n) is 7.57. The number of guanidine groups is 1. The van der Waals surface area contributed by atoms with Crippen LogP contribution in [-0.4, -0.2) is 47.3 Å². The lowest BCUT2D eigenvalue weighted by Gasteiger charge is -2.24. The van der Waals surface area contributed by atoms with Crippen molar-refractivity contribution in [2.75, 3.05) is 26.7 Å². The Morgan fingerprint density at radius 1 is 1.33 bits per heavy atom. The summed E-state index contributed by atoms with van der Waals surface area (Å²) in [7, 11) is 3.85. The van der Waals surface area contributed by atoms with E-state index >= 15 is 0 Å². The molecule has 2 fully saturated rings. The highest BCUT2D eigenvalue weighted by Gasteiger charge is 2.44. The van der Waals surface area contributed by atoms with E-state index < -0.39 is 0 Å². The Labute approximate surface area is 183 Å². The first-order valence-electron chi connectivity index (χ1n) is 9.30. The third-order valence-corrected chi connectivity index (χ3v) is 6.04. The second kappa shape index (κ2) is 8.39. The van der Waals surface area contributed by atoms with E-state index in [1.54, 1.807) is 0 Å². The lowest BCUT2D eigenvalue weighted by atomic mass is 9.96. The zero-order valence-corrected chi connectivity index (χ0v) is 18.9. The van der Waals surface area contributed by atoms with Gasteiger partial charge in [-0.05, 0) is 42.5 Å². The Morgan fingerprint density at radius 2 is 2.07 bits per heavy atom. The molecule has 1 saturated carbocycles. The molecule has 1 N–H and O–H groups in total. The summed E-state index contributed by atoms with van der Waals surface area (Å²) in [6, 6.07) is 8.30. The minimum absolute atomic E-state index is 0. The average Bonchev–Trinajstić information content (AvgIpc) is 3.05. The van der Waals surface area contributed by atoms with Crippen LogP contribution in [0.2, 0.25) is 5.02 Å². The number of rotatable bonds is 4. The topological polar surface area (TPSA) is 45.5 Å². The van der Waals surface area contributed by atoms with Crippen LogP contribution in [0.5, 0.6) is 0 Å². The van der Waals surface area contributed by atoms with Crippen LogP contribution in [-0.2, 0) is 12.5 Å². The number of aromatic nitrogens is 2. The van der Waals surface area contributed by atoms with E-state index in [-0.39, 0.29) is 29.4 Å². The number of nitrogens with one attached hydrogen (secondary N) is 1. The number of aliphatic imine (C=N–C) groups is 1. The molecule has 146 valence electrons. The van der Waals surface area contributed by atoms with E-state index in [0.29, 0.717) is 5.92 Å². The van der Waals surface area contributed by atoms with Gasteiger partial charge in [0.15, 0.2) is 5.96 Å². The monoisotopic (exact) mass is 499 g/mol. The number of halogens is 2. The molecule has 1 aliphatic heterocycles. The fraction of sp³-hybridized carbons (Fsp3) is 0.500. The van der Waals surface area contributed by atoms with Crippen molar-refractivity contribution in [3.63, 3.8) is 0 Å². The first-order chi connectivity index (χ1) is 12.6. The number of benzene rings is 1. The first kappa shape index (κ1) is 20.5. The van der Waals surface area contributed by atoms with Gasteiger partial charge in [-0.1, -0.05) is 23.7 Å². The van der Waals surface area contributed by atoms with Gasteiger partial charge < -0.3 is 10.2 Å². The summed E-state index contributed by atoms with van der Waals surface area (Å²) in [4.78, 5) is 6.90. The lowest BCUT2D eigenvalue weighted by Crippen LogP contribution is -2.43. The molecule has 0 bridgehead atoms. The van der Waals surface area contributed by atoms with Crippen LogP contribution < -0.4 is 5.32 Å². The predicted octanol–water partition coefficient (Wildman–Crippen LogP) is 3.79. The highest BCUT2D eigenvalue weighted by molar-refractivity contribution is 14.0. The van der Waals surface area contributed by atoms with E-state index in [1.807, 2.05) is 37.1 Å². The van der Waals surface area contributed by atoms with Gasteiger partial charge in [-0.3, -0.25) is 9.67 Å². The summed E-state index contributed by atoms with van der Waals surface area (Å²) in [5.74, 6) is 1.55. The maximum Gasteiger partial charge on any atom is 0.193 e. The van der Waals surface area contributed by atoms with Gasteiger partial charge in [-0.15, -0.1) is 24.0 Å². The van der Waals surface area contributed by atoms with Gasteiger partial charge in [0, 0.05) is 56.3 Å². The molecule has 27 heavy (non-hydrogen) atoms. The van der Waals surface area contributed by atoms with Crippen LogP contribution in [0.25, 0.3) is 0 Å². The summed E-state index contributed by atoms with van der Waals surface area (Å²) < 4.78 is 1.88. The molecule has 4 rings (SSSR count). The number of nitrogens with zero attached hydrogens (tertiary/aromatic N) is 4. The number of hydrogen-bond donors (Lipinski definition) is 1. The molecular weight excluding hydrogens is 473 g/mol. The fourth-order valence-corrected chi connectivity index (χ4v) is 4.10. The highest BCUT2D eigenvalue weighted by atomic mass is 127. The molecule has 7 heteroatoms. The third kappa shape index (κ3) is 4.42. The molecule has 2 heterocycles. The standard InChI is InChI=1S/C20H26ClN5.HI/c1-22-19(26-10-7-15(13-26)16-11-24-25(2)12-16)23-14-20(8-9-20)17-3-5-18(21)6-4-17;/h3-6,11-12,15H,7-10,13-14H2,1-2H3,(H,22,23);1H. The van der Waals surface area contributed by atoms with Gasteiger partial charge in [0.1, 0.15) is 0 Å². The van der Waals surface area contributed by atoms with E-state index in [0.717, 1.165) is 37.0 Å². The predicted molar refractivity (Wildman–Crippen MR) is 121 cm³/mol. The number of likely N-dealkylation sites (tertiary alicyclic amines) is 1.